The highest BCUT2D eigenvalue weighted by Crippen LogP contribution is 2.35. The maximum Gasteiger partial charge on any atom is 0.120 e. The van der Waals surface area contributed by atoms with Gasteiger partial charge in [0.05, 0.1) is 0 Å². The lowest BCUT2D eigenvalue weighted by atomic mass is 9.77. The van der Waals surface area contributed by atoms with Gasteiger partial charge < -0.3 is 10.5 Å². The molecule has 0 heterocycles. The molecule has 1 aromatic rings. The lowest BCUT2D eigenvalue weighted by Crippen LogP contribution is -2.38. The average Bonchev–Trinajstić information content (AvgIpc) is 2.28. The van der Waals surface area contributed by atoms with Gasteiger partial charge in [-0.25, -0.2) is 0 Å². The van der Waals surface area contributed by atoms with Crippen molar-refractivity contribution >= 4 is 0 Å². The predicted octanol–water partition coefficient (Wildman–Crippen LogP) is 3.98. The van der Waals surface area contributed by atoms with Crippen LogP contribution in [0.15, 0.2) is 24.3 Å². The minimum absolute atomic E-state index is 0.113. The summed E-state index contributed by atoms with van der Waals surface area (Å²) in [6.07, 6.45) is 6.02. The molecule has 0 aromatic heterocycles. The second-order valence-electron chi connectivity index (χ2n) is 6.46. The highest BCUT2D eigenvalue weighted by atomic mass is 16.5. The molecule has 1 aliphatic rings. The summed E-state index contributed by atoms with van der Waals surface area (Å²) in [5.74, 6) is 0.922. The number of nitrogens with two attached hydrogens (primary N) is 1. The zero-order chi connectivity index (χ0) is 13.2. The Kier molecular flexibility index (Phi) is 3.67. The van der Waals surface area contributed by atoms with Gasteiger partial charge in [0.15, 0.2) is 0 Å². The van der Waals surface area contributed by atoms with E-state index < -0.39 is 0 Å². The third-order valence-electron chi connectivity index (χ3n) is 3.60. The van der Waals surface area contributed by atoms with Crippen molar-refractivity contribution in [1.29, 1.82) is 0 Å². The van der Waals surface area contributed by atoms with Crippen molar-refractivity contribution in [2.75, 3.05) is 0 Å². The zero-order valence-corrected chi connectivity index (χ0v) is 11.8. The minimum atomic E-state index is -0.146. The van der Waals surface area contributed by atoms with Crippen LogP contribution in [0, 0.1) is 0 Å². The van der Waals surface area contributed by atoms with Gasteiger partial charge in [-0.15, -0.1) is 0 Å². The van der Waals surface area contributed by atoms with Crippen molar-refractivity contribution in [3.05, 3.63) is 29.8 Å². The minimum Gasteiger partial charge on any atom is -0.488 e. The van der Waals surface area contributed by atoms with Crippen molar-refractivity contribution in [1.82, 2.24) is 0 Å². The Labute approximate surface area is 111 Å². The Hall–Kier alpha value is -1.02. The topological polar surface area (TPSA) is 35.2 Å². The largest absolute Gasteiger partial charge is 0.488 e. The molecule has 1 fully saturated rings. The first-order valence-electron chi connectivity index (χ1n) is 6.98. The Balaban J connectivity index is 2.12. The Morgan fingerprint density at radius 3 is 2.06 bits per heavy atom. The van der Waals surface area contributed by atoms with Gasteiger partial charge in [-0.1, -0.05) is 31.4 Å². The van der Waals surface area contributed by atoms with Gasteiger partial charge in [0.1, 0.15) is 11.4 Å². The van der Waals surface area contributed by atoms with Crippen molar-refractivity contribution in [2.45, 2.75) is 64.0 Å². The molecule has 0 unspecified atom stereocenters. The molecule has 0 amide bonds. The first kappa shape index (κ1) is 13.4. The van der Waals surface area contributed by atoms with E-state index in [-0.39, 0.29) is 11.1 Å². The van der Waals surface area contributed by atoms with Crippen LogP contribution in [0.3, 0.4) is 0 Å². The molecule has 0 saturated heterocycles. The van der Waals surface area contributed by atoms with E-state index in [4.69, 9.17) is 10.5 Å². The fourth-order valence-electron chi connectivity index (χ4n) is 2.68. The van der Waals surface area contributed by atoms with Gasteiger partial charge in [0.2, 0.25) is 0 Å². The van der Waals surface area contributed by atoms with E-state index in [1.807, 2.05) is 12.1 Å². The molecule has 2 rings (SSSR count). The Morgan fingerprint density at radius 1 is 1.00 bits per heavy atom. The molecule has 18 heavy (non-hydrogen) atoms. The second-order valence-corrected chi connectivity index (χ2v) is 6.46. The zero-order valence-electron chi connectivity index (χ0n) is 11.8. The molecule has 1 saturated carbocycles. The number of hydrogen-bond acceptors (Lipinski definition) is 2. The van der Waals surface area contributed by atoms with Crippen LogP contribution < -0.4 is 10.5 Å². The Bertz CT molecular complexity index is 383. The molecule has 2 N–H and O–H groups in total. The van der Waals surface area contributed by atoms with Crippen LogP contribution in [-0.2, 0) is 5.54 Å². The van der Waals surface area contributed by atoms with E-state index in [1.54, 1.807) is 0 Å². The maximum absolute atomic E-state index is 6.52. The standard InChI is InChI=1S/C16H25NO/c1-15(2,3)18-14-9-7-13(8-10-14)16(17)11-5-4-6-12-16/h7-10H,4-6,11-12,17H2,1-3H3. The summed E-state index contributed by atoms with van der Waals surface area (Å²) in [5, 5.41) is 0. The van der Waals surface area contributed by atoms with Crippen molar-refractivity contribution in [3.8, 4) is 5.75 Å². The summed E-state index contributed by atoms with van der Waals surface area (Å²) in [7, 11) is 0. The van der Waals surface area contributed by atoms with Gasteiger partial charge in [-0.3, -0.25) is 0 Å². The highest BCUT2D eigenvalue weighted by molar-refractivity contribution is 5.32. The normalized spacial score (nSPS) is 19.6. The maximum atomic E-state index is 6.52. The summed E-state index contributed by atoms with van der Waals surface area (Å²) < 4.78 is 5.84. The molecule has 2 nitrogen and oxygen atoms in total. The lowest BCUT2D eigenvalue weighted by Gasteiger charge is -2.34. The number of hydrogen-bond donors (Lipinski definition) is 1. The molecule has 100 valence electrons. The first-order valence-corrected chi connectivity index (χ1v) is 6.98. The van der Waals surface area contributed by atoms with E-state index >= 15 is 0 Å². The van der Waals surface area contributed by atoms with Gasteiger partial charge in [-0.05, 0) is 51.3 Å². The smallest absolute Gasteiger partial charge is 0.120 e. The quantitative estimate of drug-likeness (QED) is 0.858. The molecular weight excluding hydrogens is 222 g/mol. The molecule has 2 heteroatoms. The number of benzene rings is 1. The van der Waals surface area contributed by atoms with Crippen LogP contribution in [0.4, 0.5) is 0 Å². The van der Waals surface area contributed by atoms with Gasteiger partial charge in [-0.2, -0.15) is 0 Å². The van der Waals surface area contributed by atoms with Crippen molar-refractivity contribution < 1.29 is 4.74 Å². The molecule has 0 bridgehead atoms. The number of ether oxygens (including phenoxy) is 1. The van der Waals surface area contributed by atoms with Crippen LogP contribution in [-0.4, -0.2) is 5.60 Å². The fraction of sp³-hybridized carbons (Fsp3) is 0.625. The third kappa shape index (κ3) is 3.26. The predicted molar refractivity (Wildman–Crippen MR) is 75.8 cm³/mol. The molecule has 0 radical (unpaired) electrons. The first-order chi connectivity index (χ1) is 8.39. The molecule has 0 atom stereocenters. The van der Waals surface area contributed by atoms with Crippen molar-refractivity contribution in [2.24, 2.45) is 5.73 Å². The van der Waals surface area contributed by atoms with Gasteiger partial charge in [0, 0.05) is 5.54 Å². The van der Waals surface area contributed by atoms with E-state index in [2.05, 4.69) is 32.9 Å². The van der Waals surface area contributed by atoms with Gasteiger partial charge >= 0.3 is 0 Å². The van der Waals surface area contributed by atoms with E-state index in [1.165, 1.54) is 24.8 Å². The summed E-state index contributed by atoms with van der Waals surface area (Å²) in [6.45, 7) is 6.19. The van der Waals surface area contributed by atoms with Crippen LogP contribution in [0.2, 0.25) is 0 Å². The molecule has 0 spiro atoms. The fourth-order valence-corrected chi connectivity index (χ4v) is 2.68. The summed E-state index contributed by atoms with van der Waals surface area (Å²) in [6, 6.07) is 8.35. The third-order valence-corrected chi connectivity index (χ3v) is 3.60. The van der Waals surface area contributed by atoms with Crippen LogP contribution in [0.25, 0.3) is 0 Å². The number of rotatable bonds is 2. The lowest BCUT2D eigenvalue weighted by molar-refractivity contribution is 0.131. The summed E-state index contributed by atoms with van der Waals surface area (Å²) in [5.41, 5.74) is 7.51. The summed E-state index contributed by atoms with van der Waals surface area (Å²) >= 11 is 0. The Morgan fingerprint density at radius 2 is 1.56 bits per heavy atom. The van der Waals surface area contributed by atoms with E-state index in [9.17, 15) is 0 Å². The van der Waals surface area contributed by atoms with E-state index in [0.717, 1.165) is 18.6 Å². The SMILES string of the molecule is CC(C)(C)Oc1ccc(C2(N)CCCCC2)cc1. The molecule has 1 aliphatic carbocycles. The van der Waals surface area contributed by atoms with Crippen LogP contribution in [0.5, 0.6) is 5.75 Å². The second kappa shape index (κ2) is 4.93. The highest BCUT2D eigenvalue weighted by Gasteiger charge is 2.29. The van der Waals surface area contributed by atoms with Crippen LogP contribution in [0.1, 0.15) is 58.4 Å². The van der Waals surface area contributed by atoms with Crippen LogP contribution >= 0.6 is 0 Å². The summed E-state index contributed by atoms with van der Waals surface area (Å²) in [4.78, 5) is 0. The average molecular weight is 247 g/mol. The van der Waals surface area contributed by atoms with E-state index in [0.29, 0.717) is 0 Å². The monoisotopic (exact) mass is 247 g/mol. The van der Waals surface area contributed by atoms with Crippen molar-refractivity contribution in [3.63, 3.8) is 0 Å². The molecular formula is C16H25NO. The molecule has 1 aromatic carbocycles. The molecule has 0 aliphatic heterocycles. The van der Waals surface area contributed by atoms with Gasteiger partial charge in [0.25, 0.3) is 0 Å².